The third-order valence-corrected chi connectivity index (χ3v) is 6.83. The molecule has 2 aromatic carbocycles. The minimum atomic E-state index is 0.139. The van der Waals surface area contributed by atoms with Crippen LogP contribution >= 0.6 is 11.8 Å². The van der Waals surface area contributed by atoms with E-state index in [1.165, 1.54) is 9.79 Å². The summed E-state index contributed by atoms with van der Waals surface area (Å²) in [6, 6.07) is 14.6. The molecule has 0 aliphatic heterocycles. The summed E-state index contributed by atoms with van der Waals surface area (Å²) in [5.74, 6) is 1.35. The van der Waals surface area contributed by atoms with Crippen LogP contribution in [0.4, 0.5) is 0 Å². The minimum Gasteiger partial charge on any atom is -0.489 e. The van der Waals surface area contributed by atoms with E-state index in [0.29, 0.717) is 12.4 Å². The van der Waals surface area contributed by atoms with Crippen molar-refractivity contribution in [2.45, 2.75) is 56.4 Å². The highest BCUT2D eigenvalue weighted by Gasteiger charge is 2.32. The first-order valence-electron chi connectivity index (χ1n) is 10.5. The molecule has 0 N–H and O–H groups in total. The van der Waals surface area contributed by atoms with Crippen LogP contribution < -0.4 is 4.74 Å². The number of hydrogen-bond acceptors (Lipinski definition) is 4. The van der Waals surface area contributed by atoms with Crippen molar-refractivity contribution in [2.75, 3.05) is 0 Å². The summed E-state index contributed by atoms with van der Waals surface area (Å²) < 4.78 is 6.23. The molecule has 1 aliphatic carbocycles. The number of ketones is 1. The van der Waals surface area contributed by atoms with Gasteiger partial charge < -0.3 is 4.74 Å². The monoisotopic (exact) mass is 417 g/mol. The first kappa shape index (κ1) is 20.7. The lowest BCUT2D eigenvalue weighted by atomic mass is 9.96. The van der Waals surface area contributed by atoms with E-state index in [0.717, 1.165) is 52.8 Å². The minimum absolute atomic E-state index is 0.139. The molecule has 154 valence electrons. The molecule has 0 radical (unpaired) electrons. The molecule has 0 spiro atoms. The average molecular weight is 418 g/mol. The summed E-state index contributed by atoms with van der Waals surface area (Å²) in [6.07, 6.45) is 6.47. The lowest BCUT2D eigenvalue weighted by molar-refractivity contribution is 0.0930. The van der Waals surface area contributed by atoms with Crippen molar-refractivity contribution >= 4 is 17.5 Å². The number of hydrogen-bond donors (Lipinski definition) is 0. The molecule has 3 aromatic rings. The highest BCUT2D eigenvalue weighted by atomic mass is 32.2. The quantitative estimate of drug-likeness (QED) is 0.435. The van der Waals surface area contributed by atoms with Gasteiger partial charge in [-0.1, -0.05) is 37.2 Å². The molecule has 0 amide bonds. The zero-order valence-corrected chi connectivity index (χ0v) is 18.6. The van der Waals surface area contributed by atoms with Crippen molar-refractivity contribution < 1.29 is 9.53 Å². The first-order chi connectivity index (χ1) is 14.6. The molecule has 30 heavy (non-hydrogen) atoms. The maximum Gasteiger partial charge on any atom is 0.166 e. The van der Waals surface area contributed by atoms with Gasteiger partial charge in [-0.25, -0.2) is 0 Å². The van der Waals surface area contributed by atoms with E-state index in [4.69, 9.17) is 4.74 Å². The van der Waals surface area contributed by atoms with Crippen LogP contribution in [0.15, 0.2) is 64.6 Å². The standard InChI is InChI=1S/C26H27NO2S/c1-4-6-20-14-21-15-24(17(2)18(3)25(21)26(20)28)29-16-19-7-5-8-23(13-19)30-22-9-11-27-12-10-22/h5,7-13,15,20H,4,6,14,16H2,1-3H3. The third kappa shape index (κ3) is 4.29. The molecule has 0 saturated heterocycles. The van der Waals surface area contributed by atoms with Crippen LogP contribution in [0, 0.1) is 19.8 Å². The van der Waals surface area contributed by atoms with Gasteiger partial charge in [-0.15, -0.1) is 0 Å². The van der Waals surface area contributed by atoms with Gasteiger partial charge in [0, 0.05) is 33.7 Å². The Balaban J connectivity index is 1.50. The van der Waals surface area contributed by atoms with Crippen LogP contribution in [0.2, 0.25) is 0 Å². The Kier molecular flexibility index (Phi) is 6.24. The normalized spacial score (nSPS) is 15.3. The molecule has 0 saturated carbocycles. The smallest absolute Gasteiger partial charge is 0.166 e. The van der Waals surface area contributed by atoms with Crippen LogP contribution in [-0.2, 0) is 13.0 Å². The van der Waals surface area contributed by atoms with Gasteiger partial charge >= 0.3 is 0 Å². The summed E-state index contributed by atoms with van der Waals surface area (Å²) >= 11 is 1.72. The van der Waals surface area contributed by atoms with Gasteiger partial charge in [-0.05, 0) is 79.3 Å². The van der Waals surface area contributed by atoms with Gasteiger partial charge in [0.1, 0.15) is 12.4 Å². The van der Waals surface area contributed by atoms with E-state index >= 15 is 0 Å². The molecular formula is C26H27NO2S. The molecule has 1 atom stereocenters. The molecule has 0 fully saturated rings. The van der Waals surface area contributed by atoms with E-state index in [-0.39, 0.29) is 5.92 Å². The fourth-order valence-corrected chi connectivity index (χ4v) is 5.04. The van der Waals surface area contributed by atoms with Crippen molar-refractivity contribution in [3.63, 3.8) is 0 Å². The number of rotatable bonds is 7. The highest BCUT2D eigenvalue weighted by Crippen LogP contribution is 2.37. The Hall–Kier alpha value is -2.59. The van der Waals surface area contributed by atoms with Crippen molar-refractivity contribution in [3.8, 4) is 5.75 Å². The van der Waals surface area contributed by atoms with Crippen LogP contribution in [-0.4, -0.2) is 10.8 Å². The number of carbonyl (C=O) groups excluding carboxylic acids is 1. The number of nitrogens with zero attached hydrogens (tertiary/aromatic N) is 1. The van der Waals surface area contributed by atoms with Crippen molar-refractivity contribution in [1.82, 2.24) is 4.98 Å². The number of Topliss-reactive ketones (excluding diaryl/α,β-unsaturated/α-hetero) is 1. The molecule has 1 heterocycles. The number of carbonyl (C=O) groups is 1. The number of benzene rings is 2. The number of fused-ring (bicyclic) bond motifs is 1. The molecule has 4 heteroatoms. The zero-order valence-electron chi connectivity index (χ0n) is 17.8. The molecule has 0 bridgehead atoms. The SMILES string of the molecule is CCCC1Cc2cc(OCc3cccc(Sc4ccncc4)c3)c(C)c(C)c2C1=O. The highest BCUT2D eigenvalue weighted by molar-refractivity contribution is 7.99. The van der Waals surface area contributed by atoms with Gasteiger partial charge in [0.25, 0.3) is 0 Å². The van der Waals surface area contributed by atoms with Crippen molar-refractivity contribution in [1.29, 1.82) is 0 Å². The van der Waals surface area contributed by atoms with Crippen molar-refractivity contribution in [3.05, 3.63) is 82.7 Å². The summed E-state index contributed by atoms with van der Waals surface area (Å²) in [6.45, 7) is 6.76. The van der Waals surface area contributed by atoms with Gasteiger partial charge in [0.2, 0.25) is 0 Å². The second-order valence-corrected chi connectivity index (χ2v) is 9.08. The summed E-state index contributed by atoms with van der Waals surface area (Å²) in [5.41, 5.74) is 5.37. The Morgan fingerprint density at radius 3 is 2.63 bits per heavy atom. The fraction of sp³-hybridized carbons (Fsp3) is 0.308. The molecule has 1 aliphatic rings. The zero-order chi connectivity index (χ0) is 21.1. The average Bonchev–Trinajstić information content (AvgIpc) is 3.06. The van der Waals surface area contributed by atoms with Crippen LogP contribution in [0.1, 0.15) is 52.4 Å². The lowest BCUT2D eigenvalue weighted by Gasteiger charge is -2.15. The molecule has 1 unspecified atom stereocenters. The number of pyridine rings is 1. The van der Waals surface area contributed by atoms with E-state index in [1.807, 2.05) is 24.5 Å². The maximum atomic E-state index is 12.8. The van der Waals surface area contributed by atoms with Gasteiger partial charge in [0.05, 0.1) is 0 Å². The largest absolute Gasteiger partial charge is 0.489 e. The van der Waals surface area contributed by atoms with Crippen LogP contribution in [0.3, 0.4) is 0 Å². The summed E-state index contributed by atoms with van der Waals surface area (Å²) in [5, 5.41) is 0. The van der Waals surface area contributed by atoms with Gasteiger partial charge in [0.15, 0.2) is 5.78 Å². The molecule has 4 rings (SSSR count). The van der Waals surface area contributed by atoms with Gasteiger partial charge in [-0.3, -0.25) is 9.78 Å². The van der Waals surface area contributed by atoms with E-state index in [2.05, 4.69) is 56.1 Å². The topological polar surface area (TPSA) is 39.2 Å². The molecule has 3 nitrogen and oxygen atoms in total. The Labute approximate surface area is 182 Å². The fourth-order valence-electron chi connectivity index (χ4n) is 4.15. The second-order valence-electron chi connectivity index (χ2n) is 7.93. The third-order valence-electron chi connectivity index (χ3n) is 5.83. The Morgan fingerprint density at radius 2 is 1.87 bits per heavy atom. The summed E-state index contributed by atoms with van der Waals surface area (Å²) in [7, 11) is 0. The Bertz CT molecular complexity index is 1060. The lowest BCUT2D eigenvalue weighted by Crippen LogP contribution is -2.09. The van der Waals surface area contributed by atoms with Crippen LogP contribution in [0.5, 0.6) is 5.75 Å². The Morgan fingerprint density at radius 1 is 1.07 bits per heavy atom. The first-order valence-corrected chi connectivity index (χ1v) is 11.4. The van der Waals surface area contributed by atoms with Crippen LogP contribution in [0.25, 0.3) is 0 Å². The number of aromatic nitrogens is 1. The maximum absolute atomic E-state index is 12.8. The predicted octanol–water partition coefficient (Wildman–Crippen LogP) is 6.58. The molecular weight excluding hydrogens is 390 g/mol. The van der Waals surface area contributed by atoms with E-state index in [1.54, 1.807) is 11.8 Å². The second kappa shape index (κ2) is 9.05. The number of ether oxygens (including phenoxy) is 1. The van der Waals surface area contributed by atoms with Crippen molar-refractivity contribution in [2.24, 2.45) is 5.92 Å². The summed E-state index contributed by atoms with van der Waals surface area (Å²) in [4.78, 5) is 19.2. The van der Waals surface area contributed by atoms with E-state index in [9.17, 15) is 4.79 Å². The van der Waals surface area contributed by atoms with Gasteiger partial charge in [-0.2, -0.15) is 0 Å². The predicted molar refractivity (Wildman–Crippen MR) is 121 cm³/mol. The molecule has 1 aromatic heterocycles. The van der Waals surface area contributed by atoms with E-state index < -0.39 is 0 Å².